The molecule has 0 saturated heterocycles. The van der Waals surface area contributed by atoms with Crippen LogP contribution < -0.4 is 0 Å². The topological polar surface area (TPSA) is 64.4 Å². The Kier molecular flexibility index (Phi) is 5.29. The molecular weight excluding hydrogens is 246 g/mol. The highest BCUT2D eigenvalue weighted by atomic mass is 16.5. The molecule has 0 bridgehead atoms. The predicted octanol–water partition coefficient (Wildman–Crippen LogP) is 0.701. The lowest BCUT2D eigenvalue weighted by Gasteiger charge is -2.18. The molecule has 1 heterocycles. The zero-order chi connectivity index (χ0) is 14.4. The molecule has 1 aromatic rings. The number of hydrogen-bond donors (Lipinski definition) is 0. The highest BCUT2D eigenvalue weighted by molar-refractivity contribution is 5.91. The smallest absolute Gasteiger partial charge is 0.310 e. The van der Waals surface area contributed by atoms with Gasteiger partial charge in [-0.2, -0.15) is 5.10 Å². The van der Waals surface area contributed by atoms with Crippen molar-refractivity contribution in [3.8, 4) is 0 Å². The number of aryl methyl sites for hydroxylation is 1. The minimum Gasteiger partial charge on any atom is -0.469 e. The van der Waals surface area contributed by atoms with Gasteiger partial charge in [-0.3, -0.25) is 14.3 Å². The van der Waals surface area contributed by atoms with Crippen molar-refractivity contribution in [2.24, 2.45) is 13.0 Å². The Morgan fingerprint density at radius 1 is 1.58 bits per heavy atom. The summed E-state index contributed by atoms with van der Waals surface area (Å²) in [6.07, 6.45) is 4.81. The highest BCUT2D eigenvalue weighted by Crippen LogP contribution is 2.03. The Labute approximate surface area is 112 Å². The summed E-state index contributed by atoms with van der Waals surface area (Å²) in [5.41, 5.74) is 0.836. The Hall–Kier alpha value is -2.11. The molecule has 0 spiro atoms. The molecule has 0 aromatic carbocycles. The van der Waals surface area contributed by atoms with Gasteiger partial charge in [0.05, 0.1) is 18.7 Å². The number of amides is 1. The molecule has 0 aliphatic heterocycles. The first-order valence-electron chi connectivity index (χ1n) is 5.94. The number of methoxy groups -OCH3 is 1. The number of rotatable bonds is 5. The van der Waals surface area contributed by atoms with Crippen LogP contribution in [0.3, 0.4) is 0 Å². The molecule has 6 heteroatoms. The van der Waals surface area contributed by atoms with Crippen LogP contribution in [0, 0.1) is 5.92 Å². The number of aromatic nitrogens is 2. The van der Waals surface area contributed by atoms with Crippen LogP contribution in [0.4, 0.5) is 0 Å². The SMILES string of the molecule is COC(=O)C(C)CN(C)C(=O)C=Cc1ccnn1C. The van der Waals surface area contributed by atoms with Crippen LogP contribution in [0.15, 0.2) is 18.3 Å². The van der Waals surface area contributed by atoms with Crippen LogP contribution in [0.25, 0.3) is 6.08 Å². The van der Waals surface area contributed by atoms with Gasteiger partial charge in [0.25, 0.3) is 0 Å². The maximum Gasteiger partial charge on any atom is 0.310 e. The number of esters is 1. The van der Waals surface area contributed by atoms with Crippen LogP contribution in [0.5, 0.6) is 0 Å². The summed E-state index contributed by atoms with van der Waals surface area (Å²) in [6, 6.07) is 1.81. The van der Waals surface area contributed by atoms with Crippen LogP contribution in [-0.4, -0.2) is 47.3 Å². The number of carbonyl (C=O) groups excluding carboxylic acids is 2. The van der Waals surface area contributed by atoms with E-state index in [1.165, 1.54) is 18.1 Å². The third-order valence-corrected chi connectivity index (χ3v) is 2.78. The second-order valence-corrected chi connectivity index (χ2v) is 4.36. The van der Waals surface area contributed by atoms with E-state index < -0.39 is 0 Å². The summed E-state index contributed by atoms with van der Waals surface area (Å²) in [4.78, 5) is 24.6. The van der Waals surface area contributed by atoms with Gasteiger partial charge in [-0.15, -0.1) is 0 Å². The summed E-state index contributed by atoms with van der Waals surface area (Å²) in [5.74, 6) is -0.837. The Morgan fingerprint density at radius 2 is 2.26 bits per heavy atom. The Morgan fingerprint density at radius 3 is 2.79 bits per heavy atom. The van der Waals surface area contributed by atoms with E-state index in [1.807, 2.05) is 0 Å². The summed E-state index contributed by atoms with van der Waals surface area (Å²) < 4.78 is 6.29. The van der Waals surface area contributed by atoms with E-state index in [9.17, 15) is 9.59 Å². The van der Waals surface area contributed by atoms with Crippen molar-refractivity contribution in [1.29, 1.82) is 0 Å². The first-order valence-corrected chi connectivity index (χ1v) is 5.94. The minimum atomic E-state index is -0.343. The monoisotopic (exact) mass is 265 g/mol. The van der Waals surface area contributed by atoms with E-state index in [2.05, 4.69) is 9.84 Å². The average molecular weight is 265 g/mol. The molecule has 1 aromatic heterocycles. The van der Waals surface area contributed by atoms with E-state index in [4.69, 9.17) is 0 Å². The second-order valence-electron chi connectivity index (χ2n) is 4.36. The number of carbonyl (C=O) groups is 2. The van der Waals surface area contributed by atoms with Gasteiger partial charge in [-0.25, -0.2) is 0 Å². The third-order valence-electron chi connectivity index (χ3n) is 2.78. The molecule has 19 heavy (non-hydrogen) atoms. The van der Waals surface area contributed by atoms with E-state index in [1.54, 1.807) is 44.0 Å². The molecule has 0 radical (unpaired) electrons. The highest BCUT2D eigenvalue weighted by Gasteiger charge is 2.17. The lowest BCUT2D eigenvalue weighted by atomic mass is 10.2. The fraction of sp³-hybridized carbons (Fsp3) is 0.462. The van der Waals surface area contributed by atoms with Gasteiger partial charge in [0.2, 0.25) is 5.91 Å². The fourth-order valence-corrected chi connectivity index (χ4v) is 1.61. The van der Waals surface area contributed by atoms with Gasteiger partial charge >= 0.3 is 5.97 Å². The maximum absolute atomic E-state index is 11.9. The molecule has 6 nitrogen and oxygen atoms in total. The molecule has 1 amide bonds. The van der Waals surface area contributed by atoms with Crippen LogP contribution in [0.1, 0.15) is 12.6 Å². The number of ether oxygens (including phenoxy) is 1. The zero-order valence-corrected chi connectivity index (χ0v) is 11.7. The summed E-state index contributed by atoms with van der Waals surface area (Å²) in [7, 11) is 4.78. The summed E-state index contributed by atoms with van der Waals surface area (Å²) >= 11 is 0. The zero-order valence-electron chi connectivity index (χ0n) is 11.7. The molecule has 0 aliphatic rings. The molecule has 1 rings (SSSR count). The molecule has 0 saturated carbocycles. The number of likely N-dealkylation sites (N-methyl/N-ethyl adjacent to an activating group) is 1. The largest absolute Gasteiger partial charge is 0.469 e. The van der Waals surface area contributed by atoms with Gasteiger partial charge in [0, 0.05) is 32.9 Å². The first kappa shape index (κ1) is 14.9. The second kappa shape index (κ2) is 6.72. The maximum atomic E-state index is 11.9. The van der Waals surface area contributed by atoms with Crippen molar-refractivity contribution >= 4 is 18.0 Å². The van der Waals surface area contributed by atoms with Crippen molar-refractivity contribution in [3.05, 3.63) is 24.0 Å². The standard InChI is InChI=1S/C13H19N3O3/c1-10(13(18)19-4)9-15(2)12(17)6-5-11-7-8-14-16(11)3/h5-8,10H,9H2,1-4H3. The Bertz CT molecular complexity index is 479. The average Bonchev–Trinajstić information content (AvgIpc) is 2.80. The first-order chi connectivity index (χ1) is 8.95. The van der Waals surface area contributed by atoms with Gasteiger partial charge in [0.15, 0.2) is 0 Å². The molecule has 104 valence electrons. The molecule has 0 N–H and O–H groups in total. The van der Waals surface area contributed by atoms with Crippen molar-refractivity contribution < 1.29 is 14.3 Å². The molecule has 0 aliphatic carbocycles. The quantitative estimate of drug-likeness (QED) is 0.580. The normalized spacial score (nSPS) is 12.4. The van der Waals surface area contributed by atoms with Crippen molar-refractivity contribution in [3.63, 3.8) is 0 Å². The van der Waals surface area contributed by atoms with Gasteiger partial charge in [-0.1, -0.05) is 6.92 Å². The fourth-order valence-electron chi connectivity index (χ4n) is 1.61. The lowest BCUT2D eigenvalue weighted by Crippen LogP contribution is -2.33. The van der Waals surface area contributed by atoms with E-state index in [0.29, 0.717) is 6.54 Å². The minimum absolute atomic E-state index is 0.169. The Balaban J connectivity index is 2.56. The molecule has 0 fully saturated rings. The van der Waals surface area contributed by atoms with E-state index in [0.717, 1.165) is 5.69 Å². The van der Waals surface area contributed by atoms with Gasteiger partial charge in [-0.05, 0) is 12.1 Å². The van der Waals surface area contributed by atoms with Crippen LogP contribution in [-0.2, 0) is 21.4 Å². The van der Waals surface area contributed by atoms with Crippen molar-refractivity contribution in [2.75, 3.05) is 20.7 Å². The van der Waals surface area contributed by atoms with Crippen molar-refractivity contribution in [1.82, 2.24) is 14.7 Å². The van der Waals surface area contributed by atoms with Crippen molar-refractivity contribution in [2.45, 2.75) is 6.92 Å². The third kappa shape index (κ3) is 4.24. The van der Waals surface area contributed by atoms with Gasteiger partial charge < -0.3 is 9.64 Å². The number of hydrogen-bond acceptors (Lipinski definition) is 4. The van der Waals surface area contributed by atoms with E-state index in [-0.39, 0.29) is 17.8 Å². The molecular formula is C13H19N3O3. The summed E-state index contributed by atoms with van der Waals surface area (Å²) in [5, 5.41) is 4.00. The molecule has 1 unspecified atom stereocenters. The van der Waals surface area contributed by atoms with E-state index >= 15 is 0 Å². The van der Waals surface area contributed by atoms with Crippen LogP contribution >= 0.6 is 0 Å². The number of nitrogens with zero attached hydrogens (tertiary/aromatic N) is 3. The molecule has 1 atom stereocenters. The van der Waals surface area contributed by atoms with Gasteiger partial charge in [0.1, 0.15) is 0 Å². The predicted molar refractivity (Wildman–Crippen MR) is 71.1 cm³/mol. The van der Waals surface area contributed by atoms with Crippen LogP contribution in [0.2, 0.25) is 0 Å². The summed E-state index contributed by atoms with van der Waals surface area (Å²) in [6.45, 7) is 2.04. The lowest BCUT2D eigenvalue weighted by molar-refractivity contribution is -0.145.